The number of aliphatic hydroxyl groups excluding tert-OH is 1. The molecule has 0 bridgehead atoms. The van der Waals surface area contributed by atoms with Crippen molar-refractivity contribution in [1.82, 2.24) is 9.97 Å². The molecule has 4 heteroatoms. The van der Waals surface area contributed by atoms with Crippen molar-refractivity contribution in [2.24, 2.45) is 5.92 Å². The van der Waals surface area contributed by atoms with Crippen LogP contribution >= 0.6 is 0 Å². The Bertz CT molecular complexity index is 409. The zero-order valence-electron chi connectivity index (χ0n) is 10.9. The minimum Gasteiger partial charge on any atom is -0.393 e. The van der Waals surface area contributed by atoms with E-state index in [9.17, 15) is 5.11 Å². The number of nitrogens with zero attached hydrogens (tertiary/aromatic N) is 3. The number of aliphatic hydroxyl groups is 1. The minimum atomic E-state index is -0.141. The maximum Gasteiger partial charge on any atom is 0.133 e. The Balaban J connectivity index is 1.71. The van der Waals surface area contributed by atoms with Crippen LogP contribution in [-0.4, -0.2) is 34.3 Å². The van der Waals surface area contributed by atoms with Crippen LogP contribution in [0.1, 0.15) is 44.3 Å². The predicted octanol–water partition coefficient (Wildman–Crippen LogP) is 1.95. The van der Waals surface area contributed by atoms with Crippen molar-refractivity contribution >= 4 is 5.82 Å². The van der Waals surface area contributed by atoms with Gasteiger partial charge in [0.05, 0.1) is 6.10 Å². The molecule has 1 aliphatic heterocycles. The zero-order valence-corrected chi connectivity index (χ0v) is 10.9. The first-order valence-electron chi connectivity index (χ1n) is 6.98. The highest BCUT2D eigenvalue weighted by Crippen LogP contribution is 2.35. The molecular formula is C14H21N3O. The van der Waals surface area contributed by atoms with Gasteiger partial charge >= 0.3 is 0 Å². The van der Waals surface area contributed by atoms with Gasteiger partial charge in [-0.25, -0.2) is 9.97 Å². The van der Waals surface area contributed by atoms with E-state index < -0.39 is 0 Å². The van der Waals surface area contributed by atoms with Crippen molar-refractivity contribution in [3.05, 3.63) is 18.1 Å². The fourth-order valence-corrected chi connectivity index (χ4v) is 2.77. The average Bonchev–Trinajstić information content (AvgIpc) is 2.36. The molecule has 98 valence electrons. The summed E-state index contributed by atoms with van der Waals surface area (Å²) in [7, 11) is 0. The van der Waals surface area contributed by atoms with E-state index in [2.05, 4.69) is 21.8 Å². The molecule has 1 aromatic rings. The number of aromatic nitrogens is 2. The van der Waals surface area contributed by atoms with E-state index >= 15 is 0 Å². The summed E-state index contributed by atoms with van der Waals surface area (Å²) in [6, 6.07) is 2.01. The highest BCUT2D eigenvalue weighted by atomic mass is 16.3. The summed E-state index contributed by atoms with van der Waals surface area (Å²) in [5.74, 6) is 3.18. The van der Waals surface area contributed by atoms with Crippen molar-refractivity contribution in [2.75, 3.05) is 18.0 Å². The molecule has 0 atom stereocenters. The van der Waals surface area contributed by atoms with Crippen molar-refractivity contribution in [3.63, 3.8) is 0 Å². The SMILES string of the molecule is CC1CCN(c2ccnc(C3CC(O)C3)n2)CC1. The Morgan fingerprint density at radius 3 is 2.67 bits per heavy atom. The maximum atomic E-state index is 9.36. The second kappa shape index (κ2) is 4.84. The first-order chi connectivity index (χ1) is 8.72. The Hall–Kier alpha value is -1.16. The number of anilines is 1. The number of hydrogen-bond acceptors (Lipinski definition) is 4. The van der Waals surface area contributed by atoms with E-state index in [1.807, 2.05) is 12.3 Å². The van der Waals surface area contributed by atoms with Gasteiger partial charge in [-0.05, 0) is 37.7 Å². The average molecular weight is 247 g/mol. The van der Waals surface area contributed by atoms with E-state index in [-0.39, 0.29) is 6.10 Å². The summed E-state index contributed by atoms with van der Waals surface area (Å²) in [6.45, 7) is 4.52. The molecule has 1 saturated heterocycles. The standard InChI is InChI=1S/C14H21N3O/c1-10-3-6-17(7-4-10)13-2-5-15-14(16-13)11-8-12(18)9-11/h2,5,10-12,18H,3-4,6-9H2,1H3. The zero-order chi connectivity index (χ0) is 12.5. The van der Waals surface area contributed by atoms with E-state index in [4.69, 9.17) is 0 Å². The lowest BCUT2D eigenvalue weighted by Gasteiger charge is -2.33. The fourth-order valence-electron chi connectivity index (χ4n) is 2.77. The van der Waals surface area contributed by atoms with Gasteiger partial charge in [-0.2, -0.15) is 0 Å². The third-order valence-electron chi connectivity index (χ3n) is 4.25. The second-order valence-corrected chi connectivity index (χ2v) is 5.76. The highest BCUT2D eigenvalue weighted by Gasteiger charge is 2.31. The molecular weight excluding hydrogens is 226 g/mol. The van der Waals surface area contributed by atoms with Crippen LogP contribution in [0.4, 0.5) is 5.82 Å². The van der Waals surface area contributed by atoms with Gasteiger partial charge in [-0.1, -0.05) is 6.92 Å². The van der Waals surface area contributed by atoms with Crippen LogP contribution in [0, 0.1) is 5.92 Å². The maximum absolute atomic E-state index is 9.36. The molecule has 0 aromatic carbocycles. The molecule has 1 saturated carbocycles. The smallest absolute Gasteiger partial charge is 0.133 e. The summed E-state index contributed by atoms with van der Waals surface area (Å²) in [4.78, 5) is 11.4. The fraction of sp³-hybridized carbons (Fsp3) is 0.714. The van der Waals surface area contributed by atoms with Crippen LogP contribution < -0.4 is 4.90 Å². The molecule has 1 aromatic heterocycles. The molecule has 3 rings (SSSR count). The summed E-state index contributed by atoms with van der Waals surface area (Å²) in [5, 5.41) is 9.36. The molecule has 2 heterocycles. The summed E-state index contributed by atoms with van der Waals surface area (Å²) in [5.41, 5.74) is 0. The normalized spacial score (nSPS) is 29.1. The minimum absolute atomic E-state index is 0.141. The molecule has 4 nitrogen and oxygen atoms in total. The van der Waals surface area contributed by atoms with Crippen LogP contribution in [0.15, 0.2) is 12.3 Å². The van der Waals surface area contributed by atoms with Gasteiger partial charge in [-0.15, -0.1) is 0 Å². The van der Waals surface area contributed by atoms with Crippen molar-refractivity contribution in [1.29, 1.82) is 0 Å². The molecule has 18 heavy (non-hydrogen) atoms. The highest BCUT2D eigenvalue weighted by molar-refractivity contribution is 5.38. The molecule has 2 fully saturated rings. The monoisotopic (exact) mass is 247 g/mol. The lowest BCUT2D eigenvalue weighted by molar-refractivity contribution is 0.0717. The largest absolute Gasteiger partial charge is 0.393 e. The number of rotatable bonds is 2. The van der Waals surface area contributed by atoms with Crippen molar-refractivity contribution in [3.8, 4) is 0 Å². The quantitative estimate of drug-likeness (QED) is 0.868. The lowest BCUT2D eigenvalue weighted by atomic mass is 9.82. The summed E-state index contributed by atoms with van der Waals surface area (Å²) < 4.78 is 0. The van der Waals surface area contributed by atoms with Gasteiger partial charge in [0, 0.05) is 25.2 Å². The molecule has 0 unspecified atom stereocenters. The molecule has 2 aliphatic rings. The third kappa shape index (κ3) is 2.34. The second-order valence-electron chi connectivity index (χ2n) is 5.76. The van der Waals surface area contributed by atoms with E-state index in [1.54, 1.807) is 0 Å². The van der Waals surface area contributed by atoms with Gasteiger partial charge in [0.15, 0.2) is 0 Å². The van der Waals surface area contributed by atoms with Gasteiger partial charge in [0.25, 0.3) is 0 Å². The van der Waals surface area contributed by atoms with Gasteiger partial charge in [-0.3, -0.25) is 0 Å². The Kier molecular flexibility index (Phi) is 3.20. The first-order valence-corrected chi connectivity index (χ1v) is 6.98. The van der Waals surface area contributed by atoms with Crippen LogP contribution in [-0.2, 0) is 0 Å². The van der Waals surface area contributed by atoms with Crippen LogP contribution in [0.2, 0.25) is 0 Å². The van der Waals surface area contributed by atoms with E-state index in [1.165, 1.54) is 12.8 Å². The van der Waals surface area contributed by atoms with Gasteiger partial charge in [0.2, 0.25) is 0 Å². The van der Waals surface area contributed by atoms with Crippen molar-refractivity contribution < 1.29 is 5.11 Å². The number of piperidine rings is 1. The molecule has 0 spiro atoms. The summed E-state index contributed by atoms with van der Waals surface area (Å²) >= 11 is 0. The van der Waals surface area contributed by atoms with E-state index in [0.29, 0.717) is 5.92 Å². The molecule has 1 N–H and O–H groups in total. The molecule has 1 aliphatic carbocycles. The van der Waals surface area contributed by atoms with Crippen LogP contribution in [0.3, 0.4) is 0 Å². The van der Waals surface area contributed by atoms with Gasteiger partial charge < -0.3 is 10.0 Å². The Labute approximate surface area is 108 Å². The molecule has 0 radical (unpaired) electrons. The lowest BCUT2D eigenvalue weighted by Crippen LogP contribution is -2.34. The van der Waals surface area contributed by atoms with Crippen LogP contribution in [0.5, 0.6) is 0 Å². The van der Waals surface area contributed by atoms with Crippen LogP contribution in [0.25, 0.3) is 0 Å². The Morgan fingerprint density at radius 2 is 2.00 bits per heavy atom. The van der Waals surface area contributed by atoms with E-state index in [0.717, 1.165) is 43.5 Å². The topological polar surface area (TPSA) is 49.2 Å². The van der Waals surface area contributed by atoms with Gasteiger partial charge in [0.1, 0.15) is 11.6 Å². The van der Waals surface area contributed by atoms with Crippen molar-refractivity contribution in [2.45, 2.75) is 44.6 Å². The Morgan fingerprint density at radius 1 is 1.28 bits per heavy atom. The predicted molar refractivity (Wildman–Crippen MR) is 70.6 cm³/mol. The molecule has 0 amide bonds. The first kappa shape index (κ1) is 11.9. The third-order valence-corrected chi connectivity index (χ3v) is 4.25. The summed E-state index contributed by atoms with van der Waals surface area (Å²) in [6.07, 6.45) is 5.86. The number of hydrogen-bond donors (Lipinski definition) is 1.